The molecule has 6 heterocycles. The summed E-state index contributed by atoms with van der Waals surface area (Å²) in [7, 11) is 3.23. The molecule has 0 saturated carbocycles. The van der Waals surface area contributed by atoms with Crippen LogP contribution in [0.3, 0.4) is 0 Å². The molecule has 28 heteroatoms. The molecule has 0 spiro atoms. The van der Waals surface area contributed by atoms with E-state index in [0.717, 1.165) is 6.07 Å². The number of likely N-dealkylation sites (N-methyl/N-ethyl adjacent to an activating group) is 2. The maximum Gasteiger partial charge on any atom is 0.338 e. The number of carbonyl (C=O) groups is 4. The average molecular weight is 1240 g/mol. The Hall–Kier alpha value is -5.81. The van der Waals surface area contributed by atoms with Gasteiger partial charge in [-0.05, 0) is 70.6 Å². The van der Waals surface area contributed by atoms with Gasteiger partial charge in [-0.25, -0.2) is 45.9 Å². The summed E-state index contributed by atoms with van der Waals surface area (Å²) < 4.78 is 97.7. The van der Waals surface area contributed by atoms with Crippen molar-refractivity contribution in [3.63, 3.8) is 0 Å². The number of ether oxygens (including phenoxy) is 2. The Morgan fingerprint density at radius 2 is 1.15 bits per heavy atom. The van der Waals surface area contributed by atoms with Crippen LogP contribution in [-0.2, 0) is 28.7 Å². The first kappa shape index (κ1) is 61.8. The highest BCUT2D eigenvalue weighted by Gasteiger charge is 2.44. The average Bonchev–Trinajstić information content (AvgIpc) is 4.15. The van der Waals surface area contributed by atoms with Crippen LogP contribution in [0.4, 0.5) is 26.3 Å². The maximum atomic E-state index is 14.7. The van der Waals surface area contributed by atoms with E-state index in [1.54, 1.807) is 65.8 Å². The number of nitrogens with zero attached hydrogens (tertiary/aromatic N) is 8. The van der Waals surface area contributed by atoms with Crippen molar-refractivity contribution >= 4 is 85.8 Å². The van der Waals surface area contributed by atoms with Gasteiger partial charge in [-0.15, -0.1) is 22.7 Å². The number of benzene rings is 2. The summed E-state index contributed by atoms with van der Waals surface area (Å²) in [5.41, 5.74) is 1.57. The van der Waals surface area contributed by atoms with E-state index >= 15 is 0 Å². The van der Waals surface area contributed by atoms with Crippen LogP contribution in [0.1, 0.15) is 72.8 Å². The number of nitrogens with one attached hydrogen (secondary N) is 2. The van der Waals surface area contributed by atoms with Crippen LogP contribution in [0, 0.1) is 11.6 Å². The van der Waals surface area contributed by atoms with E-state index in [9.17, 15) is 50.6 Å². The molecule has 0 bridgehead atoms. The first-order valence-electron chi connectivity index (χ1n) is 25.2. The summed E-state index contributed by atoms with van der Waals surface area (Å²) in [5, 5.41) is 29.2. The molecule has 0 aliphatic carbocycles. The molecule has 2 aromatic carbocycles. The number of carboxylic acid groups (broad SMARTS) is 2. The van der Waals surface area contributed by atoms with Gasteiger partial charge in [0.15, 0.2) is 21.7 Å². The molecule has 2 saturated heterocycles. The first-order chi connectivity index (χ1) is 37.9. The summed E-state index contributed by atoms with van der Waals surface area (Å²) in [4.78, 5) is 73.4. The molecule has 4 N–H and O–H groups in total. The van der Waals surface area contributed by atoms with E-state index < -0.39 is 84.6 Å². The van der Waals surface area contributed by atoms with Gasteiger partial charge >= 0.3 is 23.9 Å². The maximum absolute atomic E-state index is 14.7. The van der Waals surface area contributed by atoms with Crippen molar-refractivity contribution in [2.24, 2.45) is 9.98 Å². The number of rotatable bonds is 20. The summed E-state index contributed by atoms with van der Waals surface area (Å²) in [6, 6.07) is 4.96. The lowest BCUT2D eigenvalue weighted by atomic mass is 9.93. The van der Waals surface area contributed by atoms with Crippen molar-refractivity contribution in [1.29, 1.82) is 0 Å². The fourth-order valence-electron chi connectivity index (χ4n) is 9.77. The minimum Gasteiger partial charge on any atom is -0.480 e. The van der Waals surface area contributed by atoms with Crippen molar-refractivity contribution in [3.8, 4) is 0 Å². The van der Waals surface area contributed by atoms with Crippen LogP contribution in [0.5, 0.6) is 0 Å². The second-order valence-electron chi connectivity index (χ2n) is 19.3. The quantitative estimate of drug-likeness (QED) is 0.0487. The van der Waals surface area contributed by atoms with Gasteiger partial charge < -0.3 is 30.3 Å². The van der Waals surface area contributed by atoms with Crippen LogP contribution in [-0.4, -0.2) is 179 Å². The Balaban J connectivity index is 0.000000231. The van der Waals surface area contributed by atoms with Crippen molar-refractivity contribution < 1.29 is 65.2 Å². The minimum absolute atomic E-state index is 0.0352. The zero-order chi connectivity index (χ0) is 58.1. The molecule has 4 aliphatic heterocycles. The molecule has 8 rings (SSSR count). The largest absolute Gasteiger partial charge is 0.480 e. The molecule has 4 atom stereocenters. The number of aliphatic carboxylic acids is 2. The SMILES string of the molecule is CCOC(=O)C1=C(CN2CC(F)(F)CCC2CN(C)CC(=O)O)NC(c2nccs2)=NC1c1ccc(F)cc1Br.CCOC(=O)C1=C(CN2CC(F)(F)CCC2CN(C)CC(=O)O)NC(c2nccs2)=NC1c1ccc(F)cc1Cl. The predicted molar refractivity (Wildman–Crippen MR) is 291 cm³/mol. The number of piperidine rings is 2. The number of aliphatic imine (C=N–C) groups is 2. The van der Waals surface area contributed by atoms with Gasteiger partial charge in [-0.3, -0.25) is 39.2 Å². The van der Waals surface area contributed by atoms with Gasteiger partial charge in [0.1, 0.15) is 23.7 Å². The molecule has 80 heavy (non-hydrogen) atoms. The van der Waals surface area contributed by atoms with Crippen molar-refractivity contribution in [1.82, 2.24) is 40.2 Å². The Morgan fingerprint density at radius 1 is 0.725 bits per heavy atom. The number of hydrogen-bond donors (Lipinski definition) is 4. The van der Waals surface area contributed by atoms with E-state index in [2.05, 4.69) is 41.5 Å². The third kappa shape index (κ3) is 16.2. The predicted octanol–water partition coefficient (Wildman–Crippen LogP) is 8.03. The second kappa shape index (κ2) is 27.3. The normalized spacial score (nSPS) is 21.2. The van der Waals surface area contributed by atoms with Gasteiger partial charge in [-0.1, -0.05) is 39.7 Å². The van der Waals surface area contributed by atoms with Crippen molar-refractivity contribution in [3.05, 3.63) is 124 Å². The minimum atomic E-state index is -2.98. The molecular weight excluding hydrogens is 1190 g/mol. The fourth-order valence-corrected chi connectivity index (χ4v) is 11.8. The number of likely N-dealkylation sites (tertiary alicyclic amines) is 2. The number of carboxylic acids is 2. The first-order valence-corrected chi connectivity index (χ1v) is 28.1. The standard InChI is InChI=1S/C26H29BrF3N5O4S.C26H29ClF3N5O4S/c2*1-3-39-25(38)21-19(12-35-14-26(29,30)7-6-16(35)11-34(2)13-20(36)37)32-23(24-31-8-9-40-24)33-22(21)17-5-4-15(28)10-18(17)27/h2*4-5,8-10,16,22H,3,6-7,11-14H2,1-2H3,(H,32,33)(H,36,37). The molecule has 0 amide bonds. The van der Waals surface area contributed by atoms with Gasteiger partial charge in [0.25, 0.3) is 11.8 Å². The van der Waals surface area contributed by atoms with Crippen LogP contribution < -0.4 is 10.6 Å². The number of alkyl halides is 4. The molecule has 0 radical (unpaired) electrons. The van der Waals surface area contributed by atoms with Crippen molar-refractivity contribution in [2.75, 3.05) is 79.7 Å². The van der Waals surface area contributed by atoms with E-state index in [1.807, 2.05) is 0 Å². The molecular formula is C52H58BrClF6N10O8S2. The number of thiazole rings is 2. The van der Waals surface area contributed by atoms with E-state index in [-0.39, 0.29) is 100 Å². The summed E-state index contributed by atoms with van der Waals surface area (Å²) in [5.74, 6) is -9.82. The van der Waals surface area contributed by atoms with E-state index in [1.165, 1.54) is 57.9 Å². The molecule has 4 aliphatic rings. The topological polar surface area (TPSA) is 215 Å². The van der Waals surface area contributed by atoms with Gasteiger partial charge in [0.05, 0.1) is 50.5 Å². The number of carbonyl (C=O) groups excluding carboxylic acids is 2. The molecule has 4 aromatic rings. The third-order valence-corrected chi connectivity index (χ3v) is 15.8. The summed E-state index contributed by atoms with van der Waals surface area (Å²) in [6.45, 7) is 2.02. The second-order valence-corrected chi connectivity index (χ2v) is 22.4. The molecule has 2 fully saturated rings. The highest BCUT2D eigenvalue weighted by atomic mass is 79.9. The third-order valence-electron chi connectivity index (χ3n) is 13.2. The molecule has 4 unspecified atom stereocenters. The number of aromatic nitrogens is 2. The Morgan fingerprint density at radius 3 is 1.54 bits per heavy atom. The van der Waals surface area contributed by atoms with Crippen molar-refractivity contribution in [2.45, 2.75) is 75.5 Å². The monoisotopic (exact) mass is 1240 g/mol. The van der Waals surface area contributed by atoms with Gasteiger partial charge in [0, 0.05) is 101 Å². The fraction of sp³-hybridized carbons (Fsp3) is 0.462. The lowest BCUT2D eigenvalue weighted by Gasteiger charge is -2.42. The lowest BCUT2D eigenvalue weighted by molar-refractivity contribution is -0.140. The highest BCUT2D eigenvalue weighted by Crippen LogP contribution is 2.41. The van der Waals surface area contributed by atoms with Crippen LogP contribution in [0.25, 0.3) is 0 Å². The van der Waals surface area contributed by atoms with Gasteiger partial charge in [-0.2, -0.15) is 0 Å². The van der Waals surface area contributed by atoms with Crippen LogP contribution in [0.2, 0.25) is 5.02 Å². The summed E-state index contributed by atoms with van der Waals surface area (Å²) >= 11 is 12.4. The van der Waals surface area contributed by atoms with Crippen LogP contribution >= 0.6 is 50.2 Å². The highest BCUT2D eigenvalue weighted by molar-refractivity contribution is 9.10. The zero-order valence-electron chi connectivity index (χ0n) is 43.7. The molecule has 2 aromatic heterocycles. The number of halogens is 8. The Kier molecular flexibility index (Phi) is 21.1. The van der Waals surface area contributed by atoms with Crippen LogP contribution in [0.15, 0.2) is 96.5 Å². The molecule has 432 valence electrons. The lowest BCUT2D eigenvalue weighted by Crippen LogP contribution is -2.54. The number of hydrogen-bond acceptors (Lipinski definition) is 18. The Labute approximate surface area is 478 Å². The zero-order valence-corrected chi connectivity index (χ0v) is 47.7. The smallest absolute Gasteiger partial charge is 0.338 e. The number of amidine groups is 2. The number of esters is 2. The Bertz CT molecular complexity index is 2810. The summed E-state index contributed by atoms with van der Waals surface area (Å²) in [6.07, 6.45) is 2.76. The van der Waals surface area contributed by atoms with E-state index in [4.69, 9.17) is 31.2 Å². The van der Waals surface area contributed by atoms with E-state index in [0.29, 0.717) is 43.0 Å². The van der Waals surface area contributed by atoms with Gasteiger partial charge in [0.2, 0.25) is 0 Å². The molecule has 18 nitrogen and oxygen atoms in total.